The Morgan fingerprint density at radius 2 is 1.59 bits per heavy atom. The smallest absolute Gasteiger partial charge is 0.224 e. The molecule has 0 saturated heterocycles. The lowest BCUT2D eigenvalue weighted by molar-refractivity contribution is 0.610. The summed E-state index contributed by atoms with van der Waals surface area (Å²) in [4.78, 5) is 8.82. The van der Waals surface area contributed by atoms with Crippen molar-refractivity contribution in [2.45, 2.75) is 19.8 Å². The van der Waals surface area contributed by atoms with Crippen LogP contribution in [0.25, 0.3) is 0 Å². The lowest BCUT2D eigenvalue weighted by atomic mass is 10.1. The fraction of sp³-hybridized carbons (Fsp3) is 0.238. The van der Waals surface area contributed by atoms with Crippen LogP contribution in [0.15, 0.2) is 54.6 Å². The highest BCUT2D eigenvalue weighted by molar-refractivity contribution is 5.42. The number of rotatable bonds is 8. The van der Waals surface area contributed by atoms with Gasteiger partial charge in [-0.05, 0) is 49.1 Å². The van der Waals surface area contributed by atoms with Crippen molar-refractivity contribution < 1.29 is 8.78 Å². The zero-order chi connectivity index (χ0) is 19.1. The maximum absolute atomic E-state index is 13.7. The van der Waals surface area contributed by atoms with E-state index in [0.29, 0.717) is 36.8 Å². The second-order valence-corrected chi connectivity index (χ2v) is 6.29. The molecule has 0 aliphatic carbocycles. The molecule has 2 N–H and O–H groups in total. The molecule has 1 heterocycles. The number of anilines is 2. The second kappa shape index (κ2) is 9.07. The lowest BCUT2D eigenvalue weighted by Gasteiger charge is -2.10. The third-order valence-electron chi connectivity index (χ3n) is 4.12. The Bertz CT molecular complexity index is 882. The van der Waals surface area contributed by atoms with Crippen LogP contribution in [0.1, 0.15) is 16.8 Å². The Kier molecular flexibility index (Phi) is 6.30. The standard InChI is InChI=1S/C21H22F2N4/c1-15-14-20(24-13-11-17-4-2-3-5-19(17)23)27-21(26-15)25-12-10-16-6-8-18(22)9-7-16/h2-9,14H,10-13H2,1H3,(H2,24,25,26,27). The van der Waals surface area contributed by atoms with Gasteiger partial charge in [-0.3, -0.25) is 0 Å². The van der Waals surface area contributed by atoms with Gasteiger partial charge in [0.25, 0.3) is 0 Å². The summed E-state index contributed by atoms with van der Waals surface area (Å²) < 4.78 is 26.6. The number of nitrogens with zero attached hydrogens (tertiary/aromatic N) is 2. The van der Waals surface area contributed by atoms with Crippen LogP contribution in [0.4, 0.5) is 20.5 Å². The van der Waals surface area contributed by atoms with E-state index in [1.165, 1.54) is 18.2 Å². The summed E-state index contributed by atoms with van der Waals surface area (Å²) in [6.45, 7) is 3.12. The monoisotopic (exact) mass is 368 g/mol. The Morgan fingerprint density at radius 3 is 2.37 bits per heavy atom. The summed E-state index contributed by atoms with van der Waals surface area (Å²) in [5.74, 6) is 0.801. The van der Waals surface area contributed by atoms with E-state index in [9.17, 15) is 8.78 Å². The SMILES string of the molecule is Cc1cc(NCCc2ccccc2F)nc(NCCc2ccc(F)cc2)n1. The van der Waals surface area contributed by atoms with Crippen molar-refractivity contribution in [3.63, 3.8) is 0 Å². The van der Waals surface area contributed by atoms with E-state index >= 15 is 0 Å². The van der Waals surface area contributed by atoms with Crippen LogP contribution in [-0.4, -0.2) is 23.1 Å². The fourth-order valence-corrected chi connectivity index (χ4v) is 2.73. The Labute approximate surface area is 157 Å². The van der Waals surface area contributed by atoms with Crippen LogP contribution in [0.5, 0.6) is 0 Å². The summed E-state index contributed by atoms with van der Waals surface area (Å²) in [7, 11) is 0. The van der Waals surface area contributed by atoms with Crippen molar-refractivity contribution in [3.05, 3.63) is 83.1 Å². The molecule has 0 aliphatic rings. The van der Waals surface area contributed by atoms with Gasteiger partial charge < -0.3 is 10.6 Å². The largest absolute Gasteiger partial charge is 0.370 e. The van der Waals surface area contributed by atoms with E-state index in [-0.39, 0.29) is 11.6 Å². The first-order valence-electron chi connectivity index (χ1n) is 8.91. The third kappa shape index (κ3) is 5.74. The van der Waals surface area contributed by atoms with Crippen LogP contribution < -0.4 is 10.6 Å². The van der Waals surface area contributed by atoms with E-state index < -0.39 is 0 Å². The topological polar surface area (TPSA) is 49.8 Å². The molecule has 3 rings (SSSR count). The van der Waals surface area contributed by atoms with Crippen LogP contribution in [0.3, 0.4) is 0 Å². The van der Waals surface area contributed by atoms with Gasteiger partial charge in [0.2, 0.25) is 5.95 Å². The molecule has 0 unspecified atom stereocenters. The molecule has 140 valence electrons. The molecule has 0 atom stereocenters. The first-order chi connectivity index (χ1) is 13.1. The average Bonchev–Trinajstić information content (AvgIpc) is 2.65. The number of hydrogen-bond donors (Lipinski definition) is 2. The zero-order valence-electron chi connectivity index (χ0n) is 15.2. The normalized spacial score (nSPS) is 10.6. The predicted molar refractivity (Wildman–Crippen MR) is 104 cm³/mol. The van der Waals surface area contributed by atoms with Crippen molar-refractivity contribution in [2.24, 2.45) is 0 Å². The number of aryl methyl sites for hydroxylation is 1. The Hall–Kier alpha value is -3.02. The first-order valence-corrected chi connectivity index (χ1v) is 8.91. The van der Waals surface area contributed by atoms with Crippen LogP contribution in [0.2, 0.25) is 0 Å². The van der Waals surface area contributed by atoms with Crippen LogP contribution >= 0.6 is 0 Å². The Morgan fingerprint density at radius 1 is 0.852 bits per heavy atom. The number of aromatic nitrogens is 2. The lowest BCUT2D eigenvalue weighted by Crippen LogP contribution is -2.12. The summed E-state index contributed by atoms with van der Waals surface area (Å²) in [5, 5.41) is 6.41. The molecule has 0 fully saturated rings. The molecule has 0 aliphatic heterocycles. The molecule has 2 aromatic carbocycles. The summed E-state index contributed by atoms with van der Waals surface area (Å²) in [5.41, 5.74) is 2.55. The number of nitrogens with one attached hydrogen (secondary N) is 2. The Balaban J connectivity index is 1.52. The predicted octanol–water partition coefficient (Wildman–Crippen LogP) is 4.37. The van der Waals surface area contributed by atoms with Gasteiger partial charge in [-0.25, -0.2) is 13.8 Å². The fourth-order valence-electron chi connectivity index (χ4n) is 2.73. The van der Waals surface area contributed by atoms with Gasteiger partial charge in [-0.1, -0.05) is 30.3 Å². The minimum absolute atomic E-state index is 0.193. The molecule has 1 aromatic heterocycles. The van der Waals surface area contributed by atoms with Crippen molar-refractivity contribution >= 4 is 11.8 Å². The number of benzene rings is 2. The molecule has 27 heavy (non-hydrogen) atoms. The minimum atomic E-state index is -0.236. The molecule has 0 bridgehead atoms. The van der Waals surface area contributed by atoms with Crippen molar-refractivity contribution in [1.82, 2.24) is 9.97 Å². The molecule has 4 nitrogen and oxygen atoms in total. The first kappa shape index (κ1) is 18.8. The number of halogens is 2. The number of hydrogen-bond acceptors (Lipinski definition) is 4. The molecule has 0 amide bonds. The zero-order valence-corrected chi connectivity index (χ0v) is 15.2. The maximum Gasteiger partial charge on any atom is 0.224 e. The van der Waals surface area contributed by atoms with Gasteiger partial charge in [0.1, 0.15) is 17.5 Å². The summed E-state index contributed by atoms with van der Waals surface area (Å²) in [6.07, 6.45) is 1.32. The third-order valence-corrected chi connectivity index (χ3v) is 4.12. The van der Waals surface area contributed by atoms with E-state index in [2.05, 4.69) is 20.6 Å². The van der Waals surface area contributed by atoms with Crippen LogP contribution in [-0.2, 0) is 12.8 Å². The van der Waals surface area contributed by atoms with E-state index in [4.69, 9.17) is 0 Å². The van der Waals surface area contributed by atoms with Crippen molar-refractivity contribution in [3.8, 4) is 0 Å². The minimum Gasteiger partial charge on any atom is -0.370 e. The van der Waals surface area contributed by atoms with E-state index in [0.717, 1.165) is 17.7 Å². The molecule has 0 radical (unpaired) electrons. The van der Waals surface area contributed by atoms with E-state index in [1.807, 2.05) is 19.1 Å². The summed E-state index contributed by atoms with van der Waals surface area (Å²) >= 11 is 0. The summed E-state index contributed by atoms with van der Waals surface area (Å²) in [6, 6.07) is 15.1. The molecular weight excluding hydrogens is 346 g/mol. The van der Waals surface area contributed by atoms with Crippen molar-refractivity contribution in [2.75, 3.05) is 23.7 Å². The molecule has 0 spiro atoms. The highest BCUT2D eigenvalue weighted by Gasteiger charge is 2.04. The van der Waals surface area contributed by atoms with Gasteiger partial charge in [0, 0.05) is 24.8 Å². The molecule has 0 saturated carbocycles. The quantitative estimate of drug-likeness (QED) is 0.620. The molecular formula is C21H22F2N4. The van der Waals surface area contributed by atoms with Gasteiger partial charge in [-0.15, -0.1) is 0 Å². The van der Waals surface area contributed by atoms with E-state index in [1.54, 1.807) is 24.3 Å². The second-order valence-electron chi connectivity index (χ2n) is 6.29. The average molecular weight is 368 g/mol. The van der Waals surface area contributed by atoms with Crippen LogP contribution in [0, 0.1) is 18.6 Å². The molecule has 3 aromatic rings. The van der Waals surface area contributed by atoms with Crippen molar-refractivity contribution in [1.29, 1.82) is 0 Å². The molecule has 6 heteroatoms. The van der Waals surface area contributed by atoms with Gasteiger partial charge in [0.05, 0.1) is 0 Å². The highest BCUT2D eigenvalue weighted by atomic mass is 19.1. The highest BCUT2D eigenvalue weighted by Crippen LogP contribution is 2.12. The van der Waals surface area contributed by atoms with Gasteiger partial charge >= 0.3 is 0 Å². The van der Waals surface area contributed by atoms with Gasteiger partial charge in [0.15, 0.2) is 0 Å². The van der Waals surface area contributed by atoms with Gasteiger partial charge in [-0.2, -0.15) is 4.98 Å². The maximum atomic E-state index is 13.7.